The van der Waals surface area contributed by atoms with Crippen molar-refractivity contribution in [3.63, 3.8) is 0 Å². The molecule has 0 aliphatic heterocycles. The summed E-state index contributed by atoms with van der Waals surface area (Å²) < 4.78 is 0. The first kappa shape index (κ1) is 21.6. The van der Waals surface area contributed by atoms with E-state index in [9.17, 15) is 0 Å². The van der Waals surface area contributed by atoms with Crippen molar-refractivity contribution in [2.75, 3.05) is 0 Å². The molecule has 2 aromatic carbocycles. The van der Waals surface area contributed by atoms with Crippen molar-refractivity contribution >= 4 is 40.7 Å². The highest BCUT2D eigenvalue weighted by Gasteiger charge is 2.39. The Morgan fingerprint density at radius 2 is 0.615 bits per heavy atom. The second-order valence-electron chi connectivity index (χ2n) is 10.9. The van der Waals surface area contributed by atoms with Gasteiger partial charge in [-0.25, -0.2) is 0 Å². The van der Waals surface area contributed by atoms with Crippen LogP contribution in [0, 0.1) is 0 Å². The topological polar surface area (TPSA) is 0 Å². The summed E-state index contributed by atoms with van der Waals surface area (Å²) in [5.41, 5.74) is 2.71. The van der Waals surface area contributed by atoms with Crippen molar-refractivity contribution in [2.45, 2.75) is 65.5 Å². The van der Waals surface area contributed by atoms with Gasteiger partial charge in [-0.1, -0.05) is 124 Å². The van der Waals surface area contributed by atoms with Gasteiger partial charge >= 0.3 is 0 Å². The molecule has 0 spiro atoms. The molecule has 0 aliphatic rings. The van der Waals surface area contributed by atoms with E-state index in [0.29, 0.717) is 0 Å². The van der Waals surface area contributed by atoms with Gasteiger partial charge in [0, 0.05) is 15.2 Å². The third-order valence-corrected chi connectivity index (χ3v) is 42.6. The normalized spacial score (nSPS) is 13.8. The lowest BCUT2D eigenvalue weighted by Crippen LogP contribution is -2.61. The van der Waals surface area contributed by atoms with Crippen molar-refractivity contribution in [3.05, 3.63) is 48.5 Å². The predicted octanol–water partition coefficient (Wildman–Crippen LogP) is 6.02. The minimum absolute atomic E-state index is 1.12. The van der Waals surface area contributed by atoms with Crippen LogP contribution in [0.1, 0.15) is 0 Å². The van der Waals surface area contributed by atoms with Crippen LogP contribution in [0.3, 0.4) is 0 Å². The van der Waals surface area contributed by atoms with Gasteiger partial charge in [-0.05, 0) is 11.1 Å². The van der Waals surface area contributed by atoms with E-state index in [0.717, 1.165) is 0 Å². The summed E-state index contributed by atoms with van der Waals surface area (Å²) in [6.07, 6.45) is 0. The summed E-state index contributed by atoms with van der Waals surface area (Å²) in [5.74, 6) is 0. The van der Waals surface area contributed by atoms with E-state index in [1.54, 1.807) is 10.4 Å². The summed E-state index contributed by atoms with van der Waals surface area (Å²) in [4.78, 5) is 0. The molecule has 142 valence electrons. The summed E-state index contributed by atoms with van der Waals surface area (Å²) in [7, 11) is -4.86. The van der Waals surface area contributed by atoms with Crippen LogP contribution >= 0.6 is 0 Å². The molecule has 2 aromatic rings. The van der Waals surface area contributed by atoms with E-state index in [1.165, 1.54) is 11.1 Å². The van der Waals surface area contributed by atoms with Crippen LogP contribution in [0.4, 0.5) is 0 Å². The molecule has 26 heavy (non-hydrogen) atoms. The van der Waals surface area contributed by atoms with E-state index in [4.69, 9.17) is 0 Å². The summed E-state index contributed by atoms with van der Waals surface area (Å²) in [6, 6.07) is 19.0. The van der Waals surface area contributed by atoms with Crippen LogP contribution < -0.4 is 10.4 Å². The number of benzene rings is 2. The first-order chi connectivity index (χ1) is 11.7. The second kappa shape index (κ2) is 7.04. The van der Waals surface area contributed by atoms with Gasteiger partial charge in [-0.15, -0.1) is 0 Å². The molecule has 0 heterocycles. The molecule has 2 rings (SSSR count). The van der Waals surface area contributed by atoms with Crippen molar-refractivity contribution in [1.29, 1.82) is 0 Å². The van der Waals surface area contributed by atoms with E-state index in [1.807, 2.05) is 0 Å². The number of rotatable bonds is 5. The molecule has 0 unspecified atom stereocenters. The molecule has 0 radical (unpaired) electrons. The molecular formula is C22H38Si4. The van der Waals surface area contributed by atoms with Gasteiger partial charge in [0.15, 0.2) is 0 Å². The quantitative estimate of drug-likeness (QED) is 0.525. The van der Waals surface area contributed by atoms with Gasteiger partial charge in [0.2, 0.25) is 0 Å². The Hall–Kier alpha value is -0.692. The molecule has 4 heteroatoms. The molecule has 0 aliphatic carbocycles. The smallest absolute Gasteiger partial charge is 0.0712 e. The van der Waals surface area contributed by atoms with Crippen LogP contribution in [0.15, 0.2) is 48.5 Å². The van der Waals surface area contributed by atoms with Crippen LogP contribution in [0.5, 0.6) is 0 Å². The van der Waals surface area contributed by atoms with Gasteiger partial charge in [-0.2, -0.15) is 0 Å². The highest BCUT2D eigenvalue weighted by atomic mass is 29.3. The van der Waals surface area contributed by atoms with Crippen LogP contribution in [-0.2, 0) is 0 Å². The monoisotopic (exact) mass is 414 g/mol. The molecule has 0 saturated heterocycles. The van der Waals surface area contributed by atoms with Crippen LogP contribution in [-0.4, -0.2) is 30.4 Å². The highest BCUT2D eigenvalue weighted by molar-refractivity contribution is 7.45. The summed E-state index contributed by atoms with van der Waals surface area (Å²) in [6.45, 7) is 25.3. The Kier molecular flexibility index (Phi) is 5.85. The fourth-order valence-electron chi connectivity index (χ4n) is 3.02. The average Bonchev–Trinajstić information content (AvgIpc) is 2.53. The third kappa shape index (κ3) is 4.08. The van der Waals surface area contributed by atoms with Gasteiger partial charge in [0.05, 0.1) is 15.2 Å². The summed E-state index contributed by atoms with van der Waals surface area (Å²) in [5, 5.41) is 3.23. The molecule has 0 nitrogen and oxygen atoms in total. The predicted molar refractivity (Wildman–Crippen MR) is 133 cm³/mol. The lowest BCUT2D eigenvalue weighted by molar-refractivity contribution is 1.62. The SMILES string of the molecule is C[Si](C)(C)[Si](C)(C)c1ccc(-c2ccc([Si](C)(C)[Si](C)(C)C)cc2)cc1. The molecule has 0 saturated carbocycles. The molecular weight excluding hydrogens is 377 g/mol. The maximum absolute atomic E-state index is 2.55. The van der Waals surface area contributed by atoms with E-state index in [2.05, 4.69) is 114 Å². The minimum atomic E-state index is -1.31. The van der Waals surface area contributed by atoms with Gasteiger partial charge in [-0.3, -0.25) is 0 Å². The van der Waals surface area contributed by atoms with Crippen molar-refractivity contribution in [3.8, 4) is 11.1 Å². The number of hydrogen-bond acceptors (Lipinski definition) is 0. The molecule has 0 amide bonds. The fraction of sp³-hybridized carbons (Fsp3) is 0.455. The van der Waals surface area contributed by atoms with Crippen molar-refractivity contribution < 1.29 is 0 Å². The lowest BCUT2D eigenvalue weighted by atomic mass is 10.1. The second-order valence-corrected chi connectivity index (χ2v) is 44.1. The standard InChI is InChI=1S/C22H38Si4/c1-23(2,3)25(7,8)21-15-11-19(12-16-21)20-13-17-22(18-14-20)26(9,10)24(4,5)6/h11-18H,1-10H3. The van der Waals surface area contributed by atoms with E-state index >= 15 is 0 Å². The molecule has 0 atom stereocenters. The Balaban J connectivity index is 2.31. The van der Waals surface area contributed by atoms with Crippen molar-refractivity contribution in [2.24, 2.45) is 0 Å². The maximum atomic E-state index is 2.55. The highest BCUT2D eigenvalue weighted by Crippen LogP contribution is 2.24. The Morgan fingerprint density at radius 3 is 0.808 bits per heavy atom. The van der Waals surface area contributed by atoms with Gasteiger partial charge < -0.3 is 0 Å². The molecule has 0 bridgehead atoms. The minimum Gasteiger partial charge on any atom is -0.0712 e. The van der Waals surface area contributed by atoms with Crippen molar-refractivity contribution in [1.82, 2.24) is 0 Å². The maximum Gasteiger partial charge on any atom is 0.0736 e. The zero-order valence-corrected chi connectivity index (χ0v) is 22.6. The van der Waals surface area contributed by atoms with E-state index < -0.39 is 30.4 Å². The lowest BCUT2D eigenvalue weighted by Gasteiger charge is -2.36. The first-order valence-corrected chi connectivity index (χ1v) is 24.9. The van der Waals surface area contributed by atoms with Crippen LogP contribution in [0.2, 0.25) is 65.5 Å². The fourth-order valence-corrected chi connectivity index (χ4v) is 13.0. The molecule has 0 fully saturated rings. The average molecular weight is 415 g/mol. The Labute approximate surface area is 165 Å². The zero-order chi connectivity index (χ0) is 20.0. The van der Waals surface area contributed by atoms with Crippen LogP contribution in [0.25, 0.3) is 11.1 Å². The molecule has 0 N–H and O–H groups in total. The zero-order valence-electron chi connectivity index (χ0n) is 18.6. The van der Waals surface area contributed by atoms with Gasteiger partial charge in [0.25, 0.3) is 0 Å². The number of hydrogen-bond donors (Lipinski definition) is 0. The van der Waals surface area contributed by atoms with E-state index in [-0.39, 0.29) is 0 Å². The summed E-state index contributed by atoms with van der Waals surface area (Å²) >= 11 is 0. The largest absolute Gasteiger partial charge is 0.0736 e. The van der Waals surface area contributed by atoms with Gasteiger partial charge in [0.1, 0.15) is 0 Å². The Bertz CT molecular complexity index is 675. The third-order valence-electron chi connectivity index (χ3n) is 7.30. The first-order valence-electron chi connectivity index (χ1n) is 9.89. The molecule has 0 aromatic heterocycles. The Morgan fingerprint density at radius 1 is 0.385 bits per heavy atom.